The Morgan fingerprint density at radius 1 is 1.12 bits per heavy atom. The summed E-state index contributed by atoms with van der Waals surface area (Å²) in [7, 11) is 0. The normalized spacial score (nSPS) is 32.9. The van der Waals surface area contributed by atoms with Crippen LogP contribution in [0.1, 0.15) is 52.4 Å². The largest absolute Gasteiger partial charge is 0.348 e. The quantitative estimate of drug-likeness (QED) is 0.531. The van der Waals surface area contributed by atoms with Crippen molar-refractivity contribution in [2.24, 2.45) is 11.3 Å². The van der Waals surface area contributed by atoms with Crippen LogP contribution in [0.2, 0.25) is 0 Å². The first-order chi connectivity index (χ1) is 12.2. The molecule has 0 N–H and O–H groups in total. The molecule has 0 unspecified atom stereocenters. The van der Waals surface area contributed by atoms with Gasteiger partial charge in [-0.1, -0.05) is 37.3 Å². The fourth-order valence-corrected chi connectivity index (χ4v) is 6.60. The van der Waals surface area contributed by atoms with E-state index >= 15 is 0 Å². The molecule has 2 saturated heterocycles. The Kier molecular flexibility index (Phi) is 7.18. The second-order valence-electron chi connectivity index (χ2n) is 7.55. The van der Waals surface area contributed by atoms with E-state index in [0.29, 0.717) is 5.92 Å². The van der Waals surface area contributed by atoms with Crippen LogP contribution in [0.15, 0.2) is 34.6 Å². The minimum atomic E-state index is -0.292. The zero-order chi connectivity index (χ0) is 17.6. The maximum absolute atomic E-state index is 6.04. The predicted molar refractivity (Wildman–Crippen MR) is 111 cm³/mol. The molecule has 0 aromatic rings. The lowest BCUT2D eigenvalue weighted by atomic mass is 9.64. The summed E-state index contributed by atoms with van der Waals surface area (Å²) < 4.78 is 13.6. The molecule has 1 aliphatic carbocycles. The average Bonchev–Trinajstić information content (AvgIpc) is 3.08. The summed E-state index contributed by atoms with van der Waals surface area (Å²) in [6.07, 6.45) is 18.3. The van der Waals surface area contributed by atoms with Gasteiger partial charge in [-0.05, 0) is 55.4 Å². The van der Waals surface area contributed by atoms with Gasteiger partial charge in [0, 0.05) is 17.1 Å². The molecule has 3 aliphatic rings. The molecule has 2 heterocycles. The first-order valence-electron chi connectivity index (χ1n) is 9.70. The molecule has 1 saturated carbocycles. The van der Waals surface area contributed by atoms with E-state index in [4.69, 9.17) is 9.47 Å². The van der Waals surface area contributed by atoms with Gasteiger partial charge < -0.3 is 9.47 Å². The molecular weight excluding hydrogens is 348 g/mol. The zero-order valence-corrected chi connectivity index (χ0v) is 17.3. The van der Waals surface area contributed by atoms with Crippen LogP contribution in [-0.4, -0.2) is 30.5 Å². The third-order valence-corrected chi connectivity index (χ3v) is 8.33. The van der Waals surface area contributed by atoms with Gasteiger partial charge >= 0.3 is 0 Å². The summed E-state index contributed by atoms with van der Waals surface area (Å²) in [6.45, 7) is 6.02. The van der Waals surface area contributed by atoms with Crippen LogP contribution in [0.5, 0.6) is 0 Å². The van der Waals surface area contributed by atoms with E-state index in [9.17, 15) is 0 Å². The van der Waals surface area contributed by atoms with Crippen molar-refractivity contribution in [2.75, 3.05) is 24.7 Å². The number of rotatable bonds is 5. The first kappa shape index (κ1) is 19.6. The topological polar surface area (TPSA) is 18.5 Å². The molecule has 0 radical (unpaired) electrons. The lowest BCUT2D eigenvalue weighted by Gasteiger charge is -2.46. The molecule has 0 aromatic carbocycles. The molecule has 2 aliphatic heterocycles. The molecule has 140 valence electrons. The maximum atomic E-state index is 6.04. The number of thioether (sulfide) groups is 2. The lowest BCUT2D eigenvalue weighted by Crippen LogP contribution is -2.44. The third kappa shape index (κ3) is 5.18. The Bertz CT molecular complexity index is 512. The Balaban J connectivity index is 1.66. The third-order valence-electron chi connectivity index (χ3n) is 5.73. The van der Waals surface area contributed by atoms with Crippen molar-refractivity contribution in [3.63, 3.8) is 0 Å². The van der Waals surface area contributed by atoms with Gasteiger partial charge in [0.1, 0.15) is 0 Å². The van der Waals surface area contributed by atoms with E-state index in [-0.39, 0.29) is 11.2 Å². The minimum Gasteiger partial charge on any atom is -0.348 e. The van der Waals surface area contributed by atoms with Crippen LogP contribution in [0.3, 0.4) is 0 Å². The molecule has 1 spiro atoms. The van der Waals surface area contributed by atoms with Crippen molar-refractivity contribution in [2.45, 2.75) is 58.2 Å². The average molecular weight is 381 g/mol. The number of hydrogen-bond donors (Lipinski definition) is 0. The van der Waals surface area contributed by atoms with Crippen molar-refractivity contribution in [1.29, 1.82) is 0 Å². The molecule has 2 nitrogen and oxygen atoms in total. The fraction of sp³-hybridized carbons (Fsp3) is 0.714. The van der Waals surface area contributed by atoms with Gasteiger partial charge in [-0.3, -0.25) is 0 Å². The Morgan fingerprint density at radius 3 is 2.60 bits per heavy atom. The molecular formula is C21H32O2S2. The highest BCUT2D eigenvalue weighted by atomic mass is 32.2. The van der Waals surface area contributed by atoms with E-state index in [1.165, 1.54) is 35.0 Å². The van der Waals surface area contributed by atoms with Crippen molar-refractivity contribution in [1.82, 2.24) is 0 Å². The van der Waals surface area contributed by atoms with Crippen molar-refractivity contribution in [3.05, 3.63) is 34.6 Å². The Hall–Kier alpha value is -0.160. The highest BCUT2D eigenvalue weighted by molar-refractivity contribution is 8.22. The molecule has 0 amide bonds. The number of allylic oxidation sites excluding steroid dienone is 5. The Labute approximate surface area is 161 Å². The van der Waals surface area contributed by atoms with Crippen molar-refractivity contribution in [3.8, 4) is 0 Å². The fourth-order valence-electron chi connectivity index (χ4n) is 4.14. The summed E-state index contributed by atoms with van der Waals surface area (Å²) >= 11 is 4.07. The second kappa shape index (κ2) is 9.16. The second-order valence-corrected chi connectivity index (χ2v) is 10.1. The van der Waals surface area contributed by atoms with E-state index in [1.807, 2.05) is 23.5 Å². The van der Waals surface area contributed by atoms with Crippen molar-refractivity contribution < 1.29 is 9.47 Å². The highest BCUT2D eigenvalue weighted by Gasteiger charge is 2.48. The Morgan fingerprint density at radius 2 is 1.88 bits per heavy atom. The van der Waals surface area contributed by atoms with Crippen LogP contribution < -0.4 is 0 Å². The maximum Gasteiger partial charge on any atom is 0.168 e. The van der Waals surface area contributed by atoms with E-state index in [2.05, 4.69) is 44.2 Å². The van der Waals surface area contributed by atoms with Gasteiger partial charge in [-0.25, -0.2) is 0 Å². The van der Waals surface area contributed by atoms with Gasteiger partial charge in [-0.15, -0.1) is 23.5 Å². The van der Waals surface area contributed by atoms with E-state index in [0.717, 1.165) is 32.5 Å². The molecule has 2 atom stereocenters. The SMILES string of the molecule is C/C=C/C=C/[C@@]1(C)CCC2(C[C@H]1CCC=C1SCCCS1)OCCO2. The predicted octanol–water partition coefficient (Wildman–Crippen LogP) is 6.16. The number of hydrogen-bond acceptors (Lipinski definition) is 4. The summed E-state index contributed by atoms with van der Waals surface area (Å²) in [4.78, 5) is 0. The lowest BCUT2D eigenvalue weighted by molar-refractivity contribution is -0.201. The minimum absolute atomic E-state index is 0.241. The van der Waals surface area contributed by atoms with Gasteiger partial charge in [0.05, 0.1) is 13.2 Å². The van der Waals surface area contributed by atoms with Gasteiger partial charge in [0.15, 0.2) is 5.79 Å². The van der Waals surface area contributed by atoms with Crippen LogP contribution in [0.25, 0.3) is 0 Å². The highest BCUT2D eigenvalue weighted by Crippen LogP contribution is 2.51. The monoisotopic (exact) mass is 380 g/mol. The molecule has 25 heavy (non-hydrogen) atoms. The van der Waals surface area contributed by atoms with Crippen LogP contribution >= 0.6 is 23.5 Å². The molecule has 0 aromatic heterocycles. The van der Waals surface area contributed by atoms with Gasteiger partial charge in [0.25, 0.3) is 0 Å². The van der Waals surface area contributed by atoms with Crippen LogP contribution in [0, 0.1) is 11.3 Å². The van der Waals surface area contributed by atoms with E-state index in [1.54, 1.807) is 0 Å². The van der Waals surface area contributed by atoms with Crippen molar-refractivity contribution >= 4 is 23.5 Å². The standard InChI is InChI=1S/C21H32O2S2/c1-3-4-5-10-20(2)11-12-21(22-13-14-23-21)17-18(20)8-6-9-19-24-15-7-16-25-19/h3-5,9-10,18H,6-8,11-17H2,1-2H3/b4-3+,10-5+/t18-,20+/m1/s1. The van der Waals surface area contributed by atoms with E-state index < -0.39 is 0 Å². The summed E-state index contributed by atoms with van der Waals surface area (Å²) in [5, 5.41) is 0. The molecule has 4 heteroatoms. The molecule has 3 rings (SSSR count). The van der Waals surface area contributed by atoms with Gasteiger partial charge in [0.2, 0.25) is 0 Å². The van der Waals surface area contributed by atoms with Gasteiger partial charge in [-0.2, -0.15) is 0 Å². The number of ether oxygens (including phenoxy) is 2. The zero-order valence-electron chi connectivity index (χ0n) is 15.7. The summed E-state index contributed by atoms with van der Waals surface area (Å²) in [6, 6.07) is 0. The molecule has 3 fully saturated rings. The summed E-state index contributed by atoms with van der Waals surface area (Å²) in [5.74, 6) is 2.89. The first-order valence-corrected chi connectivity index (χ1v) is 11.7. The van der Waals surface area contributed by atoms with Crippen LogP contribution in [-0.2, 0) is 9.47 Å². The summed E-state index contributed by atoms with van der Waals surface area (Å²) in [5.41, 5.74) is 0.241. The van der Waals surface area contributed by atoms with Crippen LogP contribution in [0.4, 0.5) is 0 Å². The molecule has 0 bridgehead atoms. The smallest absolute Gasteiger partial charge is 0.168 e.